The first kappa shape index (κ1) is 12.6. The van der Waals surface area contributed by atoms with Crippen molar-refractivity contribution in [3.8, 4) is 0 Å². The van der Waals surface area contributed by atoms with E-state index in [1.165, 1.54) is 0 Å². The van der Waals surface area contributed by atoms with Crippen molar-refractivity contribution in [2.24, 2.45) is 0 Å². The Morgan fingerprint density at radius 1 is 1.06 bits per heavy atom. The molecule has 17 heavy (non-hydrogen) atoms. The van der Waals surface area contributed by atoms with Crippen molar-refractivity contribution in [1.29, 1.82) is 0 Å². The van der Waals surface area contributed by atoms with Gasteiger partial charge in [-0.3, -0.25) is 0 Å². The van der Waals surface area contributed by atoms with Gasteiger partial charge in [0, 0.05) is 5.56 Å². The van der Waals surface area contributed by atoms with Gasteiger partial charge in [-0.25, -0.2) is 0 Å². The van der Waals surface area contributed by atoms with Crippen LogP contribution in [-0.4, -0.2) is 18.3 Å². The smallest absolute Gasteiger partial charge is 0.399 e. The maximum atomic E-state index is 6.04. The van der Waals surface area contributed by atoms with Crippen LogP contribution >= 0.6 is 0 Å². The van der Waals surface area contributed by atoms with Gasteiger partial charge in [-0.05, 0) is 46.1 Å². The average molecular weight is 234 g/mol. The molecule has 1 fully saturated rings. The second kappa shape index (κ2) is 3.84. The summed E-state index contributed by atoms with van der Waals surface area (Å²) in [5.74, 6) is 0. The van der Waals surface area contributed by atoms with Crippen LogP contribution in [0.25, 0.3) is 0 Å². The first-order chi connectivity index (χ1) is 7.74. The lowest BCUT2D eigenvalue weighted by Crippen LogP contribution is -2.45. The molecule has 0 unspecified atom stereocenters. The van der Waals surface area contributed by atoms with Crippen molar-refractivity contribution < 1.29 is 15.0 Å². The van der Waals surface area contributed by atoms with Crippen LogP contribution in [0.2, 0.25) is 0 Å². The fraction of sp³-hybridized carbons (Fsp3) is 0.538. The first-order valence-corrected chi connectivity index (χ1v) is 6.02. The Labute approximate surface area is 103 Å². The summed E-state index contributed by atoms with van der Waals surface area (Å²) in [4.78, 5) is 0. The van der Waals surface area contributed by atoms with Crippen molar-refractivity contribution in [1.82, 2.24) is 0 Å². The van der Waals surface area contributed by atoms with Crippen molar-refractivity contribution in [3.05, 3.63) is 23.8 Å². The van der Waals surface area contributed by atoms with Gasteiger partial charge in [0.25, 0.3) is 0 Å². The van der Waals surface area contributed by atoms with Crippen molar-refractivity contribution in [3.63, 3.8) is 0 Å². The molecule has 0 aliphatic carbocycles. The molecule has 2 rings (SSSR count). The van der Waals surface area contributed by atoms with Crippen LogP contribution in [0.5, 0.6) is 0 Å². The van der Waals surface area contributed by atoms with E-state index in [1.807, 2.05) is 18.2 Å². The molecule has 4 heteroatoms. The summed E-state index contributed by atoms with van der Waals surface area (Å²) in [6, 6.07) is 6.05. The molecule has 1 aliphatic rings. The first-order valence-electron chi connectivity index (χ1n) is 6.02. The van der Waals surface area contributed by atoms with Crippen molar-refractivity contribution >= 4 is 18.3 Å². The molecule has 92 valence electrons. The third-order valence-electron chi connectivity index (χ3n) is 4.00. The molecule has 3 nitrogen and oxygen atoms in total. The Bertz CT molecular complexity index is 427. The molecule has 0 atom stereocenters. The van der Waals surface area contributed by atoms with Gasteiger partial charge >= 0.3 is 7.12 Å². The molecule has 0 amide bonds. The lowest BCUT2D eigenvalue weighted by atomic mass is 9.76. The van der Waals surface area contributed by atoms with Crippen LogP contribution in [0.3, 0.4) is 0 Å². The maximum absolute atomic E-state index is 6.04. The second-order valence-corrected chi connectivity index (χ2v) is 5.72. The van der Waals surface area contributed by atoms with Crippen LogP contribution in [0.4, 0.5) is 5.69 Å². The fourth-order valence-corrected chi connectivity index (χ4v) is 1.93. The zero-order valence-corrected chi connectivity index (χ0v) is 11.3. The van der Waals surface area contributed by atoms with Crippen molar-refractivity contribution in [2.75, 3.05) is 0 Å². The number of hydrogen-bond acceptors (Lipinski definition) is 2. The molecule has 1 aromatic carbocycles. The maximum Gasteiger partial charge on any atom is 0.495 e. The van der Waals surface area contributed by atoms with Gasteiger partial charge in [-0.1, -0.05) is 12.1 Å². The minimum Gasteiger partial charge on any atom is -0.399 e. The normalized spacial score (nSPS) is 21.9. The van der Waals surface area contributed by atoms with E-state index in [-0.39, 0.29) is 18.3 Å². The third kappa shape index (κ3) is 2.01. The zero-order chi connectivity index (χ0) is 12.8. The molecule has 1 aromatic rings. The largest absolute Gasteiger partial charge is 0.495 e. The van der Waals surface area contributed by atoms with E-state index in [4.69, 9.17) is 9.31 Å². The standard InChI is InChI=1S/C13H20BNO2/c1-9-10(7-6-8-11(9)15)14-16-12(2,3)13(4,5)17-14/h6-8H,15H2,1-5H3/p+1. The van der Waals surface area contributed by atoms with Crippen LogP contribution in [0, 0.1) is 6.92 Å². The Kier molecular flexibility index (Phi) is 2.85. The van der Waals surface area contributed by atoms with Gasteiger partial charge in [0.1, 0.15) is 5.69 Å². The summed E-state index contributed by atoms with van der Waals surface area (Å²) in [6.07, 6.45) is 0. The van der Waals surface area contributed by atoms with E-state index in [2.05, 4.69) is 40.4 Å². The second-order valence-electron chi connectivity index (χ2n) is 5.72. The minimum atomic E-state index is -0.290. The van der Waals surface area contributed by atoms with Crippen LogP contribution in [0.15, 0.2) is 18.2 Å². The molecule has 0 spiro atoms. The number of hydrogen-bond donors (Lipinski definition) is 1. The van der Waals surface area contributed by atoms with Gasteiger partial charge < -0.3 is 15.0 Å². The highest BCUT2D eigenvalue weighted by Gasteiger charge is 2.52. The van der Waals surface area contributed by atoms with Gasteiger partial charge in [0.15, 0.2) is 0 Å². The van der Waals surface area contributed by atoms with E-state index >= 15 is 0 Å². The lowest BCUT2D eigenvalue weighted by Gasteiger charge is -2.32. The minimum absolute atomic E-state index is 0.290. The van der Waals surface area contributed by atoms with Gasteiger partial charge in [-0.15, -0.1) is 0 Å². The highest BCUT2D eigenvalue weighted by atomic mass is 16.7. The highest BCUT2D eigenvalue weighted by Crippen LogP contribution is 2.36. The summed E-state index contributed by atoms with van der Waals surface area (Å²) in [6.45, 7) is 10.3. The van der Waals surface area contributed by atoms with Gasteiger partial charge in [-0.2, -0.15) is 0 Å². The Morgan fingerprint density at radius 3 is 2.12 bits per heavy atom. The number of rotatable bonds is 1. The van der Waals surface area contributed by atoms with E-state index in [0.717, 1.165) is 16.7 Å². The molecule has 3 N–H and O–H groups in total. The lowest BCUT2D eigenvalue weighted by molar-refractivity contribution is -0.255. The fourth-order valence-electron chi connectivity index (χ4n) is 1.93. The molecule has 0 bridgehead atoms. The van der Waals surface area contributed by atoms with E-state index in [1.54, 1.807) is 0 Å². The molecule has 1 saturated heterocycles. The van der Waals surface area contributed by atoms with E-state index in [0.29, 0.717) is 0 Å². The predicted octanol–water partition coefficient (Wildman–Crippen LogP) is 1.17. The molecule has 0 radical (unpaired) electrons. The van der Waals surface area contributed by atoms with Crippen LogP contribution in [-0.2, 0) is 9.31 Å². The number of benzene rings is 1. The summed E-state index contributed by atoms with van der Waals surface area (Å²) < 4.78 is 12.1. The van der Waals surface area contributed by atoms with Gasteiger partial charge in [0.2, 0.25) is 0 Å². The van der Waals surface area contributed by atoms with E-state index in [9.17, 15) is 0 Å². The molecule has 0 aromatic heterocycles. The van der Waals surface area contributed by atoms with Crippen LogP contribution < -0.4 is 11.2 Å². The van der Waals surface area contributed by atoms with Crippen LogP contribution in [0.1, 0.15) is 33.3 Å². The Hall–Kier alpha value is -0.835. The van der Waals surface area contributed by atoms with E-state index < -0.39 is 0 Å². The summed E-state index contributed by atoms with van der Waals surface area (Å²) in [5.41, 5.74) is 6.68. The summed E-state index contributed by atoms with van der Waals surface area (Å²) >= 11 is 0. The quantitative estimate of drug-likeness (QED) is 0.741. The predicted molar refractivity (Wildman–Crippen MR) is 69.4 cm³/mol. The van der Waals surface area contributed by atoms with Crippen molar-refractivity contribution in [2.45, 2.75) is 45.8 Å². The number of quaternary nitrogens is 1. The zero-order valence-electron chi connectivity index (χ0n) is 11.3. The molecule has 1 aliphatic heterocycles. The van der Waals surface area contributed by atoms with Gasteiger partial charge in [0.05, 0.1) is 11.2 Å². The molecular weight excluding hydrogens is 213 g/mol. The average Bonchev–Trinajstić information content (AvgIpc) is 2.40. The topological polar surface area (TPSA) is 46.1 Å². The Morgan fingerprint density at radius 2 is 1.59 bits per heavy atom. The molecule has 1 heterocycles. The summed E-state index contributed by atoms with van der Waals surface area (Å²) in [5, 5.41) is 0. The third-order valence-corrected chi connectivity index (χ3v) is 4.00. The molecule has 0 saturated carbocycles. The molecular formula is C13H21BNO2+. The SMILES string of the molecule is Cc1c([NH3+])cccc1B1OC(C)(C)C(C)(C)O1. The monoisotopic (exact) mass is 234 g/mol. The summed E-state index contributed by atoms with van der Waals surface area (Å²) in [7, 11) is -0.290. The Balaban J connectivity index is 2.36. The highest BCUT2D eigenvalue weighted by molar-refractivity contribution is 6.62.